The van der Waals surface area contributed by atoms with E-state index in [0.29, 0.717) is 13.2 Å². The Kier molecular flexibility index (Phi) is 3.22. The van der Waals surface area contributed by atoms with E-state index in [1.54, 1.807) is 0 Å². The summed E-state index contributed by atoms with van der Waals surface area (Å²) < 4.78 is 5.43. The van der Waals surface area contributed by atoms with E-state index in [9.17, 15) is 4.79 Å². The number of hydrogen-bond acceptors (Lipinski definition) is 3. The first-order valence-electron chi connectivity index (χ1n) is 6.15. The molecule has 92 valence electrons. The van der Waals surface area contributed by atoms with Crippen molar-refractivity contribution in [1.29, 1.82) is 0 Å². The maximum Gasteiger partial charge on any atom is 0.226 e. The highest BCUT2D eigenvalue weighted by Gasteiger charge is 2.39. The van der Waals surface area contributed by atoms with E-state index in [-0.39, 0.29) is 23.4 Å². The van der Waals surface area contributed by atoms with E-state index in [0.717, 1.165) is 25.8 Å². The van der Waals surface area contributed by atoms with Crippen LogP contribution in [0.3, 0.4) is 0 Å². The molecule has 2 aliphatic rings. The summed E-state index contributed by atoms with van der Waals surface area (Å²) in [4.78, 5) is 14.4. The number of hydrogen-bond donors (Lipinski definition) is 1. The Morgan fingerprint density at radius 3 is 2.75 bits per heavy atom. The van der Waals surface area contributed by atoms with Crippen LogP contribution in [-0.4, -0.2) is 42.1 Å². The molecule has 0 aromatic carbocycles. The number of nitrogens with two attached hydrogens (primary N) is 1. The molecule has 16 heavy (non-hydrogen) atoms. The predicted molar refractivity (Wildman–Crippen MR) is 61.9 cm³/mol. The van der Waals surface area contributed by atoms with E-state index in [1.807, 2.05) is 4.90 Å². The molecule has 2 rings (SSSR count). The maximum atomic E-state index is 12.4. The molecule has 2 atom stereocenters. The third kappa shape index (κ3) is 2.23. The lowest BCUT2D eigenvalue weighted by molar-refractivity contribution is -0.150. The Labute approximate surface area is 97.1 Å². The van der Waals surface area contributed by atoms with Crippen LogP contribution >= 0.6 is 0 Å². The van der Waals surface area contributed by atoms with Crippen LogP contribution in [0, 0.1) is 5.92 Å². The second-order valence-corrected chi connectivity index (χ2v) is 5.62. The average Bonchev–Trinajstić information content (AvgIpc) is 2.63. The molecule has 0 aromatic heterocycles. The van der Waals surface area contributed by atoms with Gasteiger partial charge in [0.05, 0.1) is 18.8 Å². The van der Waals surface area contributed by atoms with Crippen molar-refractivity contribution in [3.05, 3.63) is 0 Å². The highest BCUT2D eigenvalue weighted by Crippen LogP contribution is 2.29. The molecule has 1 saturated carbocycles. The summed E-state index contributed by atoms with van der Waals surface area (Å²) in [5.41, 5.74) is 5.70. The molecule has 2 fully saturated rings. The van der Waals surface area contributed by atoms with E-state index in [4.69, 9.17) is 10.5 Å². The molecule has 1 aliphatic heterocycles. The fourth-order valence-corrected chi connectivity index (χ4v) is 2.73. The second-order valence-electron chi connectivity index (χ2n) is 5.62. The van der Waals surface area contributed by atoms with Crippen LogP contribution in [0.25, 0.3) is 0 Å². The molecule has 0 spiro atoms. The summed E-state index contributed by atoms with van der Waals surface area (Å²) in [6.45, 7) is 6.15. The van der Waals surface area contributed by atoms with Gasteiger partial charge in [0.2, 0.25) is 5.91 Å². The minimum Gasteiger partial charge on any atom is -0.377 e. The van der Waals surface area contributed by atoms with Crippen molar-refractivity contribution in [2.75, 3.05) is 19.8 Å². The Balaban J connectivity index is 2.03. The highest BCUT2D eigenvalue weighted by molar-refractivity contribution is 5.80. The van der Waals surface area contributed by atoms with Gasteiger partial charge in [-0.15, -0.1) is 0 Å². The Morgan fingerprint density at radius 2 is 2.19 bits per heavy atom. The molecule has 2 N–H and O–H groups in total. The largest absolute Gasteiger partial charge is 0.377 e. The first-order valence-corrected chi connectivity index (χ1v) is 6.15. The molecule has 0 bridgehead atoms. The lowest BCUT2D eigenvalue weighted by Crippen LogP contribution is -2.56. The number of nitrogens with zero attached hydrogens (tertiary/aromatic N) is 1. The zero-order chi connectivity index (χ0) is 11.8. The third-order valence-corrected chi connectivity index (χ3v) is 3.73. The van der Waals surface area contributed by atoms with Crippen molar-refractivity contribution in [3.8, 4) is 0 Å². The van der Waals surface area contributed by atoms with Crippen LogP contribution in [0.4, 0.5) is 0 Å². The fourth-order valence-electron chi connectivity index (χ4n) is 2.73. The second kappa shape index (κ2) is 4.34. The van der Waals surface area contributed by atoms with Gasteiger partial charge in [-0.1, -0.05) is 0 Å². The van der Waals surface area contributed by atoms with Gasteiger partial charge in [0, 0.05) is 18.5 Å². The van der Waals surface area contributed by atoms with Gasteiger partial charge in [0.1, 0.15) is 0 Å². The lowest BCUT2D eigenvalue weighted by atomic mass is 9.98. The molecular weight excluding hydrogens is 204 g/mol. The van der Waals surface area contributed by atoms with Gasteiger partial charge < -0.3 is 15.4 Å². The summed E-state index contributed by atoms with van der Waals surface area (Å²) in [5.74, 6) is 0.425. The third-order valence-electron chi connectivity index (χ3n) is 3.73. The van der Waals surface area contributed by atoms with Crippen LogP contribution in [0.5, 0.6) is 0 Å². The number of carbonyl (C=O) groups excluding carboxylic acids is 1. The standard InChI is InChI=1S/C12H22N2O2/c1-12(2)8-16-6-5-14(12)11(15)9-3-4-10(13)7-9/h9-10H,3-8,13H2,1-2H3. The van der Waals surface area contributed by atoms with Crippen LogP contribution in [-0.2, 0) is 9.53 Å². The Hall–Kier alpha value is -0.610. The first-order chi connectivity index (χ1) is 7.50. The summed E-state index contributed by atoms with van der Waals surface area (Å²) >= 11 is 0. The van der Waals surface area contributed by atoms with E-state index >= 15 is 0 Å². The predicted octanol–water partition coefficient (Wildman–Crippen LogP) is 0.751. The van der Waals surface area contributed by atoms with Gasteiger partial charge in [0.15, 0.2) is 0 Å². The summed E-state index contributed by atoms with van der Waals surface area (Å²) in [6.07, 6.45) is 2.79. The van der Waals surface area contributed by atoms with Gasteiger partial charge >= 0.3 is 0 Å². The van der Waals surface area contributed by atoms with E-state index < -0.39 is 0 Å². The van der Waals surface area contributed by atoms with Crippen LogP contribution in [0.15, 0.2) is 0 Å². The van der Waals surface area contributed by atoms with E-state index in [2.05, 4.69) is 13.8 Å². The average molecular weight is 226 g/mol. The molecule has 0 radical (unpaired) electrons. The molecule has 1 amide bonds. The minimum atomic E-state index is -0.165. The molecule has 1 aliphatic carbocycles. The normalized spacial score (nSPS) is 34.1. The van der Waals surface area contributed by atoms with Crippen LogP contribution in [0.2, 0.25) is 0 Å². The molecule has 1 saturated heterocycles. The zero-order valence-electron chi connectivity index (χ0n) is 10.2. The summed E-state index contributed by atoms with van der Waals surface area (Å²) in [7, 11) is 0. The molecule has 4 nitrogen and oxygen atoms in total. The maximum absolute atomic E-state index is 12.4. The molecular formula is C12H22N2O2. The lowest BCUT2D eigenvalue weighted by Gasteiger charge is -2.43. The zero-order valence-corrected chi connectivity index (χ0v) is 10.2. The van der Waals surface area contributed by atoms with Crippen LogP contribution < -0.4 is 5.73 Å². The topological polar surface area (TPSA) is 55.6 Å². The van der Waals surface area contributed by atoms with Crippen molar-refractivity contribution in [2.45, 2.75) is 44.7 Å². The van der Waals surface area contributed by atoms with Crippen molar-refractivity contribution in [2.24, 2.45) is 11.7 Å². The van der Waals surface area contributed by atoms with Crippen molar-refractivity contribution < 1.29 is 9.53 Å². The van der Waals surface area contributed by atoms with Gasteiger partial charge in [-0.2, -0.15) is 0 Å². The number of amides is 1. The number of morpholine rings is 1. The Bertz CT molecular complexity index is 278. The quantitative estimate of drug-likeness (QED) is 0.718. The monoisotopic (exact) mass is 226 g/mol. The number of ether oxygens (including phenoxy) is 1. The SMILES string of the molecule is CC1(C)COCCN1C(=O)C1CCC(N)C1. The fraction of sp³-hybridized carbons (Fsp3) is 0.917. The highest BCUT2D eigenvalue weighted by atomic mass is 16.5. The van der Waals surface area contributed by atoms with Gasteiger partial charge in [-0.3, -0.25) is 4.79 Å². The molecule has 0 aromatic rings. The Morgan fingerprint density at radius 1 is 1.44 bits per heavy atom. The minimum absolute atomic E-state index is 0.146. The van der Waals surface area contributed by atoms with E-state index in [1.165, 1.54) is 0 Å². The summed E-state index contributed by atoms with van der Waals surface area (Å²) in [6, 6.07) is 0.220. The van der Waals surface area contributed by atoms with Crippen molar-refractivity contribution in [3.63, 3.8) is 0 Å². The van der Waals surface area contributed by atoms with Crippen molar-refractivity contribution >= 4 is 5.91 Å². The summed E-state index contributed by atoms with van der Waals surface area (Å²) in [5, 5.41) is 0. The number of rotatable bonds is 1. The van der Waals surface area contributed by atoms with Crippen LogP contribution in [0.1, 0.15) is 33.1 Å². The van der Waals surface area contributed by atoms with Gasteiger partial charge in [-0.25, -0.2) is 0 Å². The number of carbonyl (C=O) groups is 1. The molecule has 2 unspecified atom stereocenters. The molecule has 4 heteroatoms. The molecule has 1 heterocycles. The van der Waals surface area contributed by atoms with Gasteiger partial charge in [0.25, 0.3) is 0 Å². The first kappa shape index (κ1) is 11.9. The van der Waals surface area contributed by atoms with Gasteiger partial charge in [-0.05, 0) is 33.1 Å². The smallest absolute Gasteiger partial charge is 0.226 e. The van der Waals surface area contributed by atoms with Crippen molar-refractivity contribution in [1.82, 2.24) is 4.90 Å².